The summed E-state index contributed by atoms with van der Waals surface area (Å²) in [4.78, 5) is 3.64. The van der Waals surface area contributed by atoms with Crippen LogP contribution in [0.25, 0.3) is 0 Å². The highest BCUT2D eigenvalue weighted by Crippen LogP contribution is 2.38. The van der Waals surface area contributed by atoms with Gasteiger partial charge in [-0.05, 0) is 47.8 Å². The molecule has 78 valence electrons. The quantitative estimate of drug-likeness (QED) is 0.658. The van der Waals surface area contributed by atoms with Crippen LogP contribution in [-0.4, -0.2) is 11.3 Å². The molecule has 14 heavy (non-hydrogen) atoms. The zero-order chi connectivity index (χ0) is 10.9. The van der Waals surface area contributed by atoms with E-state index >= 15 is 0 Å². The van der Waals surface area contributed by atoms with Gasteiger partial charge in [-0.25, -0.2) is 4.98 Å². The lowest BCUT2D eigenvalue weighted by Gasteiger charge is -2.11. The number of nitrogens with zero attached hydrogens (tertiary/aromatic N) is 1. The van der Waals surface area contributed by atoms with E-state index < -0.39 is 12.1 Å². The van der Waals surface area contributed by atoms with Crippen LogP contribution in [0.2, 0.25) is 0 Å². The fourth-order valence-electron chi connectivity index (χ4n) is 0.623. The minimum absolute atomic E-state index is 0.150. The Labute approximate surface area is 102 Å². The second-order valence-electron chi connectivity index (χ2n) is 2.09. The standard InChI is InChI=1S/C6HBr3F3NO/c7-3-2(14-6(10,11)12)1-13-5(9)4(3)8/h1H. The molecule has 1 aromatic heterocycles. The second kappa shape index (κ2) is 4.36. The first-order chi connectivity index (χ1) is 6.31. The summed E-state index contributed by atoms with van der Waals surface area (Å²) in [5.41, 5.74) is 0. The van der Waals surface area contributed by atoms with Crippen LogP contribution in [-0.2, 0) is 0 Å². The smallest absolute Gasteiger partial charge is 0.403 e. The van der Waals surface area contributed by atoms with Crippen molar-refractivity contribution < 1.29 is 17.9 Å². The summed E-state index contributed by atoms with van der Waals surface area (Å²) < 4.78 is 40.2. The van der Waals surface area contributed by atoms with E-state index in [1.807, 2.05) is 0 Å². The van der Waals surface area contributed by atoms with Gasteiger partial charge in [0.2, 0.25) is 0 Å². The van der Waals surface area contributed by atoms with Crippen LogP contribution in [0.1, 0.15) is 0 Å². The normalized spacial score (nSPS) is 11.6. The molecule has 1 aromatic rings. The molecule has 0 atom stereocenters. The van der Waals surface area contributed by atoms with Crippen molar-refractivity contribution in [1.82, 2.24) is 4.98 Å². The van der Waals surface area contributed by atoms with E-state index in [4.69, 9.17) is 0 Å². The molecule has 0 amide bonds. The molecule has 2 nitrogen and oxygen atoms in total. The third-order valence-electron chi connectivity index (χ3n) is 1.11. The number of aromatic nitrogens is 1. The third-order valence-corrected chi connectivity index (χ3v) is 4.34. The van der Waals surface area contributed by atoms with Crippen LogP contribution >= 0.6 is 47.8 Å². The predicted octanol–water partition coefficient (Wildman–Crippen LogP) is 4.27. The first-order valence-corrected chi connectivity index (χ1v) is 5.44. The first kappa shape index (κ1) is 12.3. The van der Waals surface area contributed by atoms with Gasteiger partial charge in [0.05, 0.1) is 15.1 Å². The molecule has 0 bridgehead atoms. The molecule has 0 aliphatic rings. The van der Waals surface area contributed by atoms with Gasteiger partial charge in [0, 0.05) is 0 Å². The Balaban J connectivity index is 3.06. The molecule has 0 fully saturated rings. The Morgan fingerprint density at radius 3 is 2.21 bits per heavy atom. The zero-order valence-electron chi connectivity index (χ0n) is 6.20. The lowest BCUT2D eigenvalue weighted by atomic mass is 10.5. The van der Waals surface area contributed by atoms with Gasteiger partial charge in [-0.15, -0.1) is 13.2 Å². The summed E-state index contributed by atoms with van der Waals surface area (Å²) in [6.07, 6.45) is -3.76. The van der Waals surface area contributed by atoms with Gasteiger partial charge in [0.25, 0.3) is 0 Å². The molecule has 0 unspecified atom stereocenters. The van der Waals surface area contributed by atoms with Crippen molar-refractivity contribution in [3.8, 4) is 5.75 Å². The van der Waals surface area contributed by atoms with Crippen LogP contribution < -0.4 is 4.74 Å². The molecule has 1 rings (SSSR count). The van der Waals surface area contributed by atoms with E-state index in [0.717, 1.165) is 6.20 Å². The average Bonchev–Trinajstić information content (AvgIpc) is 2.04. The van der Waals surface area contributed by atoms with Gasteiger partial charge in [0.15, 0.2) is 5.75 Å². The summed E-state index contributed by atoms with van der Waals surface area (Å²) >= 11 is 9.01. The number of hydrogen-bond acceptors (Lipinski definition) is 2. The molecule has 0 saturated heterocycles. The van der Waals surface area contributed by atoms with E-state index in [1.165, 1.54) is 0 Å². The van der Waals surface area contributed by atoms with E-state index in [2.05, 4.69) is 57.5 Å². The highest BCUT2D eigenvalue weighted by molar-refractivity contribution is 9.14. The van der Waals surface area contributed by atoms with Crippen molar-refractivity contribution in [2.45, 2.75) is 6.36 Å². The molecule has 0 saturated carbocycles. The van der Waals surface area contributed by atoms with E-state index in [1.54, 1.807) is 0 Å². The Hall–Kier alpha value is 0.180. The summed E-state index contributed by atoms with van der Waals surface area (Å²) in [7, 11) is 0. The molecule has 8 heteroatoms. The average molecular weight is 400 g/mol. The van der Waals surface area contributed by atoms with Gasteiger partial charge in [-0.2, -0.15) is 0 Å². The summed E-state index contributed by atoms with van der Waals surface area (Å²) in [6, 6.07) is 0. The molecule has 0 spiro atoms. The predicted molar refractivity (Wildman–Crippen MR) is 54.0 cm³/mol. The fraction of sp³-hybridized carbons (Fsp3) is 0.167. The number of ether oxygens (including phenoxy) is 1. The summed E-state index contributed by atoms with van der Waals surface area (Å²) in [5, 5.41) is 0. The highest BCUT2D eigenvalue weighted by Gasteiger charge is 2.32. The van der Waals surface area contributed by atoms with Crippen molar-refractivity contribution in [2.24, 2.45) is 0 Å². The zero-order valence-corrected chi connectivity index (χ0v) is 11.0. The van der Waals surface area contributed by atoms with Crippen LogP contribution in [0.5, 0.6) is 5.75 Å². The number of alkyl halides is 3. The Kier molecular flexibility index (Phi) is 3.81. The maximum absolute atomic E-state index is 11.9. The summed E-state index contributed by atoms with van der Waals surface area (Å²) in [5.74, 6) is -0.396. The van der Waals surface area contributed by atoms with Crippen molar-refractivity contribution in [1.29, 1.82) is 0 Å². The molecule has 0 aliphatic heterocycles. The van der Waals surface area contributed by atoms with Crippen molar-refractivity contribution in [3.05, 3.63) is 19.7 Å². The van der Waals surface area contributed by atoms with Crippen LogP contribution in [0.15, 0.2) is 19.7 Å². The Morgan fingerprint density at radius 2 is 1.71 bits per heavy atom. The van der Waals surface area contributed by atoms with E-state index in [-0.39, 0.29) is 4.47 Å². The number of halogens is 6. The third kappa shape index (κ3) is 3.09. The van der Waals surface area contributed by atoms with Gasteiger partial charge in [0.1, 0.15) is 4.60 Å². The second-order valence-corrected chi connectivity index (χ2v) is 4.43. The maximum atomic E-state index is 11.9. The maximum Gasteiger partial charge on any atom is 0.573 e. The van der Waals surface area contributed by atoms with Crippen LogP contribution in [0, 0.1) is 0 Å². The highest BCUT2D eigenvalue weighted by atomic mass is 79.9. The first-order valence-electron chi connectivity index (χ1n) is 3.06. The lowest BCUT2D eigenvalue weighted by Crippen LogP contribution is -2.17. The molecule has 0 radical (unpaired) electrons. The Morgan fingerprint density at radius 1 is 1.14 bits per heavy atom. The summed E-state index contributed by atoms with van der Waals surface area (Å²) in [6.45, 7) is 0. The minimum Gasteiger partial charge on any atom is -0.403 e. The van der Waals surface area contributed by atoms with Gasteiger partial charge in [-0.3, -0.25) is 0 Å². The number of pyridine rings is 1. The SMILES string of the molecule is FC(F)(F)Oc1cnc(Br)c(Br)c1Br. The van der Waals surface area contributed by atoms with Crippen molar-refractivity contribution in [3.63, 3.8) is 0 Å². The van der Waals surface area contributed by atoms with Gasteiger partial charge >= 0.3 is 6.36 Å². The van der Waals surface area contributed by atoms with Crippen LogP contribution in [0.3, 0.4) is 0 Å². The van der Waals surface area contributed by atoms with Crippen molar-refractivity contribution in [2.75, 3.05) is 0 Å². The van der Waals surface area contributed by atoms with Crippen molar-refractivity contribution >= 4 is 47.8 Å². The number of hydrogen-bond donors (Lipinski definition) is 0. The van der Waals surface area contributed by atoms with Gasteiger partial charge in [-0.1, -0.05) is 0 Å². The lowest BCUT2D eigenvalue weighted by molar-refractivity contribution is -0.275. The number of rotatable bonds is 1. The van der Waals surface area contributed by atoms with Crippen LogP contribution in [0.4, 0.5) is 13.2 Å². The monoisotopic (exact) mass is 397 g/mol. The molecule has 0 N–H and O–H groups in total. The molecular weight excluding hydrogens is 399 g/mol. The molecule has 0 aliphatic carbocycles. The van der Waals surface area contributed by atoms with E-state index in [9.17, 15) is 13.2 Å². The fourth-order valence-corrected chi connectivity index (χ4v) is 1.86. The Bertz CT molecular complexity index is 355. The largest absolute Gasteiger partial charge is 0.573 e. The molecular formula is C6HBr3F3NO. The molecule has 1 heterocycles. The van der Waals surface area contributed by atoms with E-state index in [0.29, 0.717) is 9.08 Å². The van der Waals surface area contributed by atoms with Gasteiger partial charge < -0.3 is 4.74 Å². The topological polar surface area (TPSA) is 22.1 Å². The minimum atomic E-state index is -4.72. The molecule has 0 aromatic carbocycles.